The Balaban J connectivity index is 2.08. The van der Waals surface area contributed by atoms with E-state index in [9.17, 15) is 9.59 Å². The lowest BCUT2D eigenvalue weighted by Crippen LogP contribution is -2.33. The molecular formula is C11H19NO3. The zero-order valence-corrected chi connectivity index (χ0v) is 9.63. The summed E-state index contributed by atoms with van der Waals surface area (Å²) in [5, 5.41) is 2.57. The summed E-state index contributed by atoms with van der Waals surface area (Å²) < 4.78 is 5.03. The predicted molar refractivity (Wildman–Crippen MR) is 56.6 cm³/mol. The summed E-state index contributed by atoms with van der Waals surface area (Å²) in [5.41, 5.74) is -0.482. The maximum atomic E-state index is 11.3. The van der Waals surface area contributed by atoms with Gasteiger partial charge in [0.1, 0.15) is 11.4 Å². The molecule has 1 N–H and O–H groups in total. The normalized spacial score (nSPS) is 15.9. The molecule has 0 aliphatic heterocycles. The van der Waals surface area contributed by atoms with E-state index in [-0.39, 0.29) is 11.7 Å². The first kappa shape index (κ1) is 12.0. The number of amides is 1. The van der Waals surface area contributed by atoms with E-state index in [2.05, 4.69) is 5.32 Å². The average Bonchev–Trinajstić information content (AvgIpc) is 2.81. The van der Waals surface area contributed by atoms with Gasteiger partial charge in [-0.3, -0.25) is 4.79 Å². The Labute approximate surface area is 90.4 Å². The van der Waals surface area contributed by atoms with Gasteiger partial charge >= 0.3 is 6.09 Å². The van der Waals surface area contributed by atoms with Gasteiger partial charge in [-0.15, -0.1) is 0 Å². The number of hydrogen-bond acceptors (Lipinski definition) is 3. The van der Waals surface area contributed by atoms with Gasteiger partial charge in [0.2, 0.25) is 0 Å². The highest BCUT2D eigenvalue weighted by molar-refractivity contribution is 5.83. The fraction of sp³-hybridized carbons (Fsp3) is 0.818. The van der Waals surface area contributed by atoms with Crippen molar-refractivity contribution < 1.29 is 14.3 Å². The Morgan fingerprint density at radius 3 is 2.40 bits per heavy atom. The fourth-order valence-corrected chi connectivity index (χ4v) is 1.21. The van der Waals surface area contributed by atoms with Crippen LogP contribution in [0.25, 0.3) is 0 Å². The first-order chi connectivity index (χ1) is 6.88. The minimum atomic E-state index is -0.482. The maximum absolute atomic E-state index is 11.3. The minimum absolute atomic E-state index is 0.256. The van der Waals surface area contributed by atoms with Crippen LogP contribution in [0.1, 0.15) is 40.0 Å². The molecule has 15 heavy (non-hydrogen) atoms. The van der Waals surface area contributed by atoms with E-state index in [4.69, 9.17) is 4.74 Å². The van der Waals surface area contributed by atoms with Crippen molar-refractivity contribution in [3.63, 3.8) is 0 Å². The molecule has 4 nitrogen and oxygen atoms in total. The van der Waals surface area contributed by atoms with E-state index < -0.39 is 11.7 Å². The van der Waals surface area contributed by atoms with Crippen LogP contribution in [-0.2, 0) is 9.53 Å². The predicted octanol–water partition coefficient (Wildman–Crippen LogP) is 1.88. The van der Waals surface area contributed by atoms with Crippen LogP contribution < -0.4 is 5.32 Å². The molecule has 1 fully saturated rings. The Morgan fingerprint density at radius 1 is 1.33 bits per heavy atom. The van der Waals surface area contributed by atoms with E-state index in [1.54, 1.807) is 0 Å². The fourth-order valence-electron chi connectivity index (χ4n) is 1.21. The molecule has 0 spiro atoms. The van der Waals surface area contributed by atoms with Gasteiger partial charge in [0.15, 0.2) is 0 Å². The molecule has 0 saturated heterocycles. The number of rotatable bonds is 4. The Morgan fingerprint density at radius 2 is 1.93 bits per heavy atom. The Kier molecular flexibility index (Phi) is 3.72. The van der Waals surface area contributed by atoms with Gasteiger partial charge < -0.3 is 10.1 Å². The number of carbonyl (C=O) groups is 2. The summed E-state index contributed by atoms with van der Waals surface area (Å²) in [6.07, 6.45) is 2.01. The summed E-state index contributed by atoms with van der Waals surface area (Å²) in [4.78, 5) is 22.5. The first-order valence-corrected chi connectivity index (χ1v) is 5.38. The molecule has 0 aromatic heterocycles. The molecule has 0 unspecified atom stereocenters. The smallest absolute Gasteiger partial charge is 0.407 e. The van der Waals surface area contributed by atoms with Crippen LogP contribution in [0, 0.1) is 5.92 Å². The van der Waals surface area contributed by atoms with Crippen LogP contribution in [0.4, 0.5) is 4.79 Å². The van der Waals surface area contributed by atoms with Gasteiger partial charge in [0.25, 0.3) is 0 Å². The van der Waals surface area contributed by atoms with Gasteiger partial charge in [-0.1, -0.05) is 0 Å². The van der Waals surface area contributed by atoms with Crippen molar-refractivity contribution >= 4 is 11.9 Å². The zero-order valence-electron chi connectivity index (χ0n) is 9.63. The van der Waals surface area contributed by atoms with Crippen LogP contribution in [0.5, 0.6) is 0 Å². The third-order valence-electron chi connectivity index (χ3n) is 2.07. The lowest BCUT2D eigenvalue weighted by Gasteiger charge is -2.19. The molecule has 1 aliphatic carbocycles. The molecule has 1 rings (SSSR count). The lowest BCUT2D eigenvalue weighted by molar-refractivity contribution is -0.120. The topological polar surface area (TPSA) is 55.4 Å². The highest BCUT2D eigenvalue weighted by atomic mass is 16.6. The molecule has 0 atom stereocenters. The number of alkyl carbamates (subject to hydrolysis) is 1. The van der Waals surface area contributed by atoms with Crippen molar-refractivity contribution in [3.05, 3.63) is 0 Å². The molecular weight excluding hydrogens is 194 g/mol. The Bertz CT molecular complexity index is 251. The largest absolute Gasteiger partial charge is 0.444 e. The summed E-state index contributed by atoms with van der Waals surface area (Å²) >= 11 is 0. The van der Waals surface area contributed by atoms with Gasteiger partial charge in [-0.2, -0.15) is 0 Å². The number of hydrogen-bond donors (Lipinski definition) is 1. The van der Waals surface area contributed by atoms with Crippen molar-refractivity contribution in [2.45, 2.75) is 45.6 Å². The monoisotopic (exact) mass is 213 g/mol. The SMILES string of the molecule is CC(C)(C)OC(=O)NCCC(=O)C1CC1. The minimum Gasteiger partial charge on any atom is -0.444 e. The van der Waals surface area contributed by atoms with Crippen molar-refractivity contribution in [2.24, 2.45) is 5.92 Å². The molecule has 1 aliphatic rings. The molecule has 0 aromatic rings. The highest BCUT2D eigenvalue weighted by Gasteiger charge is 2.28. The van der Waals surface area contributed by atoms with Gasteiger partial charge in [-0.05, 0) is 33.6 Å². The van der Waals surface area contributed by atoms with E-state index in [0.717, 1.165) is 12.8 Å². The average molecular weight is 213 g/mol. The number of ether oxygens (including phenoxy) is 1. The van der Waals surface area contributed by atoms with Gasteiger partial charge in [0, 0.05) is 18.9 Å². The first-order valence-electron chi connectivity index (χ1n) is 5.38. The lowest BCUT2D eigenvalue weighted by atomic mass is 10.2. The van der Waals surface area contributed by atoms with Crippen molar-refractivity contribution in [3.8, 4) is 0 Å². The Hall–Kier alpha value is -1.06. The van der Waals surface area contributed by atoms with Gasteiger partial charge in [0.05, 0.1) is 0 Å². The summed E-state index contributed by atoms with van der Waals surface area (Å²) in [6, 6.07) is 0. The highest BCUT2D eigenvalue weighted by Crippen LogP contribution is 2.30. The molecule has 0 heterocycles. The third-order valence-corrected chi connectivity index (χ3v) is 2.07. The molecule has 0 radical (unpaired) electrons. The second kappa shape index (κ2) is 4.64. The van der Waals surface area contributed by atoms with Crippen molar-refractivity contribution in [1.82, 2.24) is 5.32 Å². The molecule has 86 valence electrons. The zero-order chi connectivity index (χ0) is 11.5. The maximum Gasteiger partial charge on any atom is 0.407 e. The molecule has 4 heteroatoms. The number of ketones is 1. The quantitative estimate of drug-likeness (QED) is 0.775. The summed E-state index contributed by atoms with van der Waals surface area (Å²) in [7, 11) is 0. The van der Waals surface area contributed by atoms with Crippen molar-refractivity contribution in [1.29, 1.82) is 0 Å². The van der Waals surface area contributed by atoms with Crippen molar-refractivity contribution in [2.75, 3.05) is 6.54 Å². The van der Waals surface area contributed by atoms with Gasteiger partial charge in [-0.25, -0.2) is 4.79 Å². The summed E-state index contributed by atoms with van der Waals surface area (Å²) in [5.74, 6) is 0.525. The van der Waals surface area contributed by atoms with Crippen LogP contribution in [0.15, 0.2) is 0 Å². The number of nitrogens with one attached hydrogen (secondary N) is 1. The van der Waals surface area contributed by atoms with E-state index in [1.165, 1.54) is 0 Å². The third kappa shape index (κ3) is 5.40. The number of carbonyl (C=O) groups excluding carboxylic acids is 2. The second-order valence-corrected chi connectivity index (χ2v) is 4.92. The van der Waals surface area contributed by atoms with E-state index in [0.29, 0.717) is 13.0 Å². The molecule has 1 saturated carbocycles. The van der Waals surface area contributed by atoms with Crippen LogP contribution in [0.2, 0.25) is 0 Å². The molecule has 0 aromatic carbocycles. The second-order valence-electron chi connectivity index (χ2n) is 4.92. The van der Waals surface area contributed by atoms with Crippen LogP contribution in [-0.4, -0.2) is 24.0 Å². The molecule has 0 bridgehead atoms. The van der Waals surface area contributed by atoms with Crippen LogP contribution in [0.3, 0.4) is 0 Å². The molecule has 1 amide bonds. The van der Waals surface area contributed by atoms with E-state index >= 15 is 0 Å². The van der Waals surface area contributed by atoms with Crippen LogP contribution >= 0.6 is 0 Å². The number of Topliss-reactive ketones (excluding diaryl/α,β-unsaturated/α-hetero) is 1. The van der Waals surface area contributed by atoms with E-state index in [1.807, 2.05) is 20.8 Å². The summed E-state index contributed by atoms with van der Waals surface area (Å²) in [6.45, 7) is 5.80. The standard InChI is InChI=1S/C11H19NO3/c1-11(2,3)15-10(14)12-7-6-9(13)8-4-5-8/h8H,4-7H2,1-3H3,(H,12,14).